The van der Waals surface area contributed by atoms with Gasteiger partial charge in [0, 0.05) is 43.2 Å². The topological polar surface area (TPSA) is 73.4 Å². The van der Waals surface area contributed by atoms with Gasteiger partial charge in [-0.15, -0.1) is 0 Å². The monoisotopic (exact) mass is 460 g/mol. The zero-order valence-corrected chi connectivity index (χ0v) is 18.9. The number of hydrogen-bond donors (Lipinski definition) is 0. The number of ether oxygens (including phenoxy) is 1. The highest BCUT2D eigenvalue weighted by molar-refractivity contribution is 7.99. The number of benzene rings is 3. The van der Waals surface area contributed by atoms with Crippen LogP contribution in [0.1, 0.15) is 5.56 Å². The number of imidazole rings is 1. The SMILES string of the molecule is O=[N+]([O-])c1ccc2c(c1)nc(SC[C@@H]1CN(Cc3ccccc3)CCO1)n2-c1ccccc1. The van der Waals surface area contributed by atoms with Gasteiger partial charge in [0.25, 0.3) is 5.69 Å². The molecule has 1 saturated heterocycles. The van der Waals surface area contributed by atoms with E-state index in [0.717, 1.165) is 41.7 Å². The summed E-state index contributed by atoms with van der Waals surface area (Å²) in [5, 5.41) is 12.1. The fraction of sp³-hybridized carbons (Fsp3) is 0.240. The number of morpholine rings is 1. The van der Waals surface area contributed by atoms with Gasteiger partial charge < -0.3 is 4.74 Å². The van der Waals surface area contributed by atoms with Crippen molar-refractivity contribution >= 4 is 28.5 Å². The normalized spacial score (nSPS) is 16.8. The van der Waals surface area contributed by atoms with Crippen molar-refractivity contribution in [2.45, 2.75) is 17.8 Å². The van der Waals surface area contributed by atoms with Crippen LogP contribution in [0.2, 0.25) is 0 Å². The number of nitro benzene ring substituents is 1. The summed E-state index contributed by atoms with van der Waals surface area (Å²) >= 11 is 1.63. The largest absolute Gasteiger partial charge is 0.375 e. The maximum Gasteiger partial charge on any atom is 0.271 e. The summed E-state index contributed by atoms with van der Waals surface area (Å²) in [5.41, 5.74) is 3.80. The zero-order chi connectivity index (χ0) is 22.6. The second kappa shape index (κ2) is 9.74. The van der Waals surface area contributed by atoms with Crippen LogP contribution in [0.3, 0.4) is 0 Å². The molecule has 0 amide bonds. The second-order valence-electron chi connectivity index (χ2n) is 8.02. The van der Waals surface area contributed by atoms with Crippen LogP contribution in [0.25, 0.3) is 16.7 Å². The van der Waals surface area contributed by atoms with E-state index in [9.17, 15) is 10.1 Å². The Morgan fingerprint density at radius 2 is 1.82 bits per heavy atom. The van der Waals surface area contributed by atoms with Gasteiger partial charge in [-0.1, -0.05) is 60.3 Å². The molecule has 1 fully saturated rings. The van der Waals surface area contributed by atoms with Crippen LogP contribution < -0.4 is 0 Å². The number of non-ortho nitro benzene ring substituents is 1. The molecule has 0 aliphatic carbocycles. The molecule has 8 heteroatoms. The molecule has 2 heterocycles. The van der Waals surface area contributed by atoms with Crippen LogP contribution in [0.4, 0.5) is 5.69 Å². The van der Waals surface area contributed by atoms with Gasteiger partial charge in [0.15, 0.2) is 5.16 Å². The first-order valence-electron chi connectivity index (χ1n) is 10.9. The Labute approximate surface area is 196 Å². The predicted molar refractivity (Wildman–Crippen MR) is 130 cm³/mol. The summed E-state index contributed by atoms with van der Waals surface area (Å²) in [6.07, 6.45) is 0.0887. The number of rotatable bonds is 7. The van der Waals surface area contributed by atoms with E-state index < -0.39 is 0 Å². The van der Waals surface area contributed by atoms with E-state index in [0.29, 0.717) is 12.1 Å². The van der Waals surface area contributed by atoms with Gasteiger partial charge in [-0.2, -0.15) is 0 Å². The van der Waals surface area contributed by atoms with Crippen molar-refractivity contribution in [1.29, 1.82) is 0 Å². The first-order valence-corrected chi connectivity index (χ1v) is 11.9. The Balaban J connectivity index is 1.36. The van der Waals surface area contributed by atoms with Gasteiger partial charge in [-0.3, -0.25) is 19.6 Å². The maximum absolute atomic E-state index is 11.2. The Bertz CT molecular complexity index is 1250. The number of hydrogen-bond acceptors (Lipinski definition) is 6. The van der Waals surface area contributed by atoms with Crippen molar-refractivity contribution in [3.05, 3.63) is 94.5 Å². The molecule has 0 radical (unpaired) electrons. The Kier molecular flexibility index (Phi) is 6.39. The summed E-state index contributed by atoms with van der Waals surface area (Å²) in [4.78, 5) is 18.0. The lowest BCUT2D eigenvalue weighted by Gasteiger charge is -2.32. The Hall–Kier alpha value is -3.20. The molecule has 168 valence electrons. The number of fused-ring (bicyclic) bond motifs is 1. The van der Waals surface area contributed by atoms with Crippen molar-refractivity contribution in [2.24, 2.45) is 0 Å². The number of nitro groups is 1. The summed E-state index contributed by atoms with van der Waals surface area (Å²) < 4.78 is 8.11. The first-order chi connectivity index (χ1) is 16.2. The first kappa shape index (κ1) is 21.6. The third kappa shape index (κ3) is 4.93. The van der Waals surface area contributed by atoms with Crippen LogP contribution in [-0.2, 0) is 11.3 Å². The van der Waals surface area contributed by atoms with Crippen molar-refractivity contribution in [3.63, 3.8) is 0 Å². The highest BCUT2D eigenvalue weighted by atomic mass is 32.2. The van der Waals surface area contributed by atoms with Crippen LogP contribution >= 0.6 is 11.8 Å². The summed E-state index contributed by atoms with van der Waals surface area (Å²) in [7, 11) is 0. The minimum Gasteiger partial charge on any atom is -0.375 e. The molecule has 7 nitrogen and oxygen atoms in total. The maximum atomic E-state index is 11.2. The third-order valence-electron chi connectivity index (χ3n) is 5.70. The van der Waals surface area contributed by atoms with Crippen LogP contribution in [0.15, 0.2) is 84.0 Å². The highest BCUT2D eigenvalue weighted by Crippen LogP contribution is 2.31. The van der Waals surface area contributed by atoms with Gasteiger partial charge in [-0.05, 0) is 23.8 Å². The average molecular weight is 461 g/mol. The minimum atomic E-state index is -0.384. The van der Waals surface area contributed by atoms with Gasteiger partial charge >= 0.3 is 0 Å². The van der Waals surface area contributed by atoms with E-state index in [2.05, 4.69) is 33.7 Å². The molecule has 5 rings (SSSR count). The number of aromatic nitrogens is 2. The lowest BCUT2D eigenvalue weighted by molar-refractivity contribution is -0.384. The average Bonchev–Trinajstić information content (AvgIpc) is 3.22. The minimum absolute atomic E-state index is 0.0453. The molecule has 1 aliphatic heterocycles. The van der Waals surface area contributed by atoms with Gasteiger partial charge in [0.1, 0.15) is 0 Å². The summed E-state index contributed by atoms with van der Waals surface area (Å²) in [5.74, 6) is 0.754. The van der Waals surface area contributed by atoms with Gasteiger partial charge in [0.2, 0.25) is 0 Å². The molecule has 0 unspecified atom stereocenters. The second-order valence-corrected chi connectivity index (χ2v) is 9.01. The van der Waals surface area contributed by atoms with Crippen LogP contribution in [0.5, 0.6) is 0 Å². The summed E-state index contributed by atoms with van der Waals surface area (Å²) in [6.45, 7) is 3.40. The van der Waals surface area contributed by atoms with E-state index in [1.54, 1.807) is 17.8 Å². The van der Waals surface area contributed by atoms with E-state index in [1.807, 2.05) is 36.4 Å². The molecule has 0 N–H and O–H groups in total. The van der Waals surface area contributed by atoms with Crippen LogP contribution in [0, 0.1) is 10.1 Å². The molecular formula is C25H24N4O3S. The zero-order valence-electron chi connectivity index (χ0n) is 18.0. The molecule has 0 saturated carbocycles. The van der Waals surface area contributed by atoms with Crippen molar-refractivity contribution in [3.8, 4) is 5.69 Å². The Morgan fingerprint density at radius 1 is 1.06 bits per heavy atom. The van der Waals surface area contributed by atoms with E-state index in [1.165, 1.54) is 17.7 Å². The van der Waals surface area contributed by atoms with Crippen LogP contribution in [-0.4, -0.2) is 50.9 Å². The highest BCUT2D eigenvalue weighted by Gasteiger charge is 2.23. The third-order valence-corrected chi connectivity index (χ3v) is 6.77. The standard InChI is InChI=1S/C25H24N4O3S/c30-29(31)21-11-12-24-23(15-21)26-25(28(24)20-9-5-2-6-10-20)33-18-22-17-27(13-14-32-22)16-19-7-3-1-4-8-19/h1-12,15,22H,13-14,16-18H2/t22-/m0/s1. The van der Waals surface area contributed by atoms with E-state index in [4.69, 9.17) is 9.72 Å². The number of para-hydroxylation sites is 1. The quantitative estimate of drug-likeness (QED) is 0.221. The molecule has 4 aromatic rings. The fourth-order valence-electron chi connectivity index (χ4n) is 4.12. The lowest BCUT2D eigenvalue weighted by Crippen LogP contribution is -2.43. The lowest BCUT2D eigenvalue weighted by atomic mass is 10.2. The van der Waals surface area contributed by atoms with Gasteiger partial charge in [0.05, 0.1) is 28.7 Å². The number of nitrogens with zero attached hydrogens (tertiary/aromatic N) is 4. The smallest absolute Gasteiger partial charge is 0.271 e. The molecule has 1 aliphatic rings. The van der Waals surface area contributed by atoms with Crippen molar-refractivity contribution in [1.82, 2.24) is 14.5 Å². The molecule has 1 aromatic heterocycles. The van der Waals surface area contributed by atoms with Crippen molar-refractivity contribution in [2.75, 3.05) is 25.4 Å². The molecular weight excluding hydrogens is 436 g/mol. The van der Waals surface area contributed by atoms with Gasteiger partial charge in [-0.25, -0.2) is 4.98 Å². The summed E-state index contributed by atoms with van der Waals surface area (Å²) in [6, 6.07) is 25.3. The fourth-order valence-corrected chi connectivity index (χ4v) is 5.15. The molecule has 1 atom stereocenters. The van der Waals surface area contributed by atoms with E-state index >= 15 is 0 Å². The molecule has 3 aromatic carbocycles. The Morgan fingerprint density at radius 3 is 2.58 bits per heavy atom. The molecule has 33 heavy (non-hydrogen) atoms. The molecule has 0 bridgehead atoms. The van der Waals surface area contributed by atoms with Crippen molar-refractivity contribution < 1.29 is 9.66 Å². The number of thioether (sulfide) groups is 1. The predicted octanol–water partition coefficient (Wildman–Crippen LogP) is 4.93. The van der Waals surface area contributed by atoms with E-state index in [-0.39, 0.29) is 16.7 Å². The molecule has 0 spiro atoms.